The molecule has 1 aromatic heterocycles. The predicted molar refractivity (Wildman–Crippen MR) is 101 cm³/mol. The van der Waals surface area contributed by atoms with Gasteiger partial charge >= 0.3 is 0 Å². The van der Waals surface area contributed by atoms with Gasteiger partial charge in [-0.3, -0.25) is 9.48 Å². The summed E-state index contributed by atoms with van der Waals surface area (Å²) in [4.78, 5) is 15.0. The van der Waals surface area contributed by atoms with E-state index in [0.717, 1.165) is 28.8 Å². The number of halogens is 1. The van der Waals surface area contributed by atoms with Crippen molar-refractivity contribution < 1.29 is 9.18 Å². The molecular formula is C22H22FN3O. The lowest BCUT2D eigenvalue weighted by atomic mass is 9.95. The van der Waals surface area contributed by atoms with Crippen molar-refractivity contribution in [3.8, 4) is 0 Å². The van der Waals surface area contributed by atoms with Crippen molar-refractivity contribution in [2.45, 2.75) is 38.9 Å². The van der Waals surface area contributed by atoms with E-state index in [0.29, 0.717) is 19.6 Å². The van der Waals surface area contributed by atoms with Gasteiger partial charge in [-0.1, -0.05) is 49.4 Å². The molecule has 0 saturated heterocycles. The van der Waals surface area contributed by atoms with Crippen LogP contribution in [0.15, 0.2) is 60.8 Å². The van der Waals surface area contributed by atoms with Crippen LogP contribution >= 0.6 is 0 Å². The maximum absolute atomic E-state index is 13.1. The molecule has 2 heterocycles. The Labute approximate surface area is 158 Å². The quantitative estimate of drug-likeness (QED) is 0.684. The molecule has 0 spiro atoms. The Kier molecular flexibility index (Phi) is 4.75. The number of carbonyl (C=O) groups excluding carboxylic acids is 1. The summed E-state index contributed by atoms with van der Waals surface area (Å²) >= 11 is 0. The van der Waals surface area contributed by atoms with Crippen molar-refractivity contribution in [3.05, 3.63) is 89.0 Å². The van der Waals surface area contributed by atoms with Crippen molar-refractivity contribution in [2.75, 3.05) is 0 Å². The molecule has 0 unspecified atom stereocenters. The van der Waals surface area contributed by atoms with Gasteiger partial charge in [-0.2, -0.15) is 5.10 Å². The van der Waals surface area contributed by atoms with Gasteiger partial charge in [0, 0.05) is 12.1 Å². The van der Waals surface area contributed by atoms with Crippen LogP contribution in [-0.4, -0.2) is 20.6 Å². The van der Waals surface area contributed by atoms with Crippen LogP contribution in [0.5, 0.6) is 0 Å². The van der Waals surface area contributed by atoms with Crippen molar-refractivity contribution in [1.29, 1.82) is 0 Å². The van der Waals surface area contributed by atoms with Gasteiger partial charge in [-0.25, -0.2) is 4.39 Å². The molecule has 2 aromatic carbocycles. The van der Waals surface area contributed by atoms with Crippen LogP contribution in [0.4, 0.5) is 4.39 Å². The van der Waals surface area contributed by atoms with Crippen LogP contribution in [0.2, 0.25) is 0 Å². The number of amides is 1. The summed E-state index contributed by atoms with van der Waals surface area (Å²) in [6, 6.07) is 16.4. The highest BCUT2D eigenvalue weighted by Gasteiger charge is 2.31. The Balaban J connectivity index is 1.50. The highest BCUT2D eigenvalue weighted by atomic mass is 19.1. The molecule has 0 aliphatic carbocycles. The Morgan fingerprint density at radius 1 is 1.11 bits per heavy atom. The fourth-order valence-electron chi connectivity index (χ4n) is 3.72. The van der Waals surface area contributed by atoms with E-state index in [1.54, 1.807) is 12.1 Å². The lowest BCUT2D eigenvalue weighted by molar-refractivity contribution is -0.133. The number of hydrogen-bond donors (Lipinski definition) is 0. The van der Waals surface area contributed by atoms with E-state index in [-0.39, 0.29) is 17.6 Å². The highest BCUT2D eigenvalue weighted by Crippen LogP contribution is 2.29. The molecule has 0 bridgehead atoms. The third kappa shape index (κ3) is 3.50. The molecule has 0 saturated carbocycles. The molecule has 4 rings (SSSR count). The van der Waals surface area contributed by atoms with Gasteiger partial charge < -0.3 is 4.90 Å². The number of rotatable bonds is 5. The largest absolute Gasteiger partial charge is 0.332 e. The minimum Gasteiger partial charge on any atom is -0.332 e. The van der Waals surface area contributed by atoms with E-state index in [9.17, 15) is 9.18 Å². The summed E-state index contributed by atoms with van der Waals surface area (Å²) in [6.45, 7) is 3.79. The van der Waals surface area contributed by atoms with Crippen molar-refractivity contribution in [2.24, 2.45) is 0 Å². The first-order valence-electron chi connectivity index (χ1n) is 9.27. The smallest absolute Gasteiger partial charge is 0.230 e. The summed E-state index contributed by atoms with van der Waals surface area (Å²) < 4.78 is 15.0. The van der Waals surface area contributed by atoms with E-state index in [1.807, 2.05) is 46.1 Å². The SMILES string of the molecule is CC[C@@H](C(=O)N1Cc2cnn(Cc3ccc(F)cc3)c2C1)c1ccccc1. The van der Waals surface area contributed by atoms with Crippen molar-refractivity contribution in [1.82, 2.24) is 14.7 Å². The Hall–Kier alpha value is -2.95. The second-order valence-electron chi connectivity index (χ2n) is 6.97. The van der Waals surface area contributed by atoms with E-state index in [4.69, 9.17) is 0 Å². The topological polar surface area (TPSA) is 38.1 Å². The second kappa shape index (κ2) is 7.35. The fourth-order valence-corrected chi connectivity index (χ4v) is 3.72. The van der Waals surface area contributed by atoms with Gasteiger partial charge in [0.2, 0.25) is 5.91 Å². The minimum absolute atomic E-state index is 0.117. The summed E-state index contributed by atoms with van der Waals surface area (Å²) in [5.74, 6) is -0.199. The van der Waals surface area contributed by atoms with Crippen LogP contribution < -0.4 is 0 Å². The molecule has 1 amide bonds. The monoisotopic (exact) mass is 363 g/mol. The average molecular weight is 363 g/mol. The first kappa shape index (κ1) is 17.5. The predicted octanol–water partition coefficient (Wildman–Crippen LogP) is 4.11. The Bertz CT molecular complexity index is 934. The molecule has 0 radical (unpaired) electrons. The molecule has 5 heteroatoms. The lowest BCUT2D eigenvalue weighted by Gasteiger charge is -2.23. The third-order valence-corrected chi connectivity index (χ3v) is 5.20. The average Bonchev–Trinajstić information content (AvgIpc) is 3.27. The van der Waals surface area contributed by atoms with Gasteiger partial charge in [0.05, 0.1) is 30.9 Å². The Morgan fingerprint density at radius 2 is 1.85 bits per heavy atom. The van der Waals surface area contributed by atoms with Crippen LogP contribution in [0.25, 0.3) is 0 Å². The lowest BCUT2D eigenvalue weighted by Crippen LogP contribution is -2.31. The zero-order valence-corrected chi connectivity index (χ0v) is 15.3. The van der Waals surface area contributed by atoms with Gasteiger partial charge in [0.1, 0.15) is 5.82 Å². The molecule has 1 aliphatic rings. The maximum atomic E-state index is 13.1. The van der Waals surface area contributed by atoms with Gasteiger partial charge in [-0.15, -0.1) is 0 Å². The number of fused-ring (bicyclic) bond motifs is 1. The van der Waals surface area contributed by atoms with Crippen LogP contribution in [0, 0.1) is 5.82 Å². The maximum Gasteiger partial charge on any atom is 0.230 e. The summed E-state index contributed by atoms with van der Waals surface area (Å²) in [5, 5.41) is 4.46. The summed E-state index contributed by atoms with van der Waals surface area (Å²) in [6.07, 6.45) is 2.62. The molecule has 138 valence electrons. The van der Waals surface area contributed by atoms with E-state index < -0.39 is 0 Å². The zero-order valence-electron chi connectivity index (χ0n) is 15.3. The standard InChI is InChI=1S/C22H22FN3O/c1-2-20(17-6-4-3-5-7-17)22(27)25-14-18-12-24-26(21(18)15-25)13-16-8-10-19(23)11-9-16/h3-12,20H,2,13-15H2,1H3/t20-/m1/s1. The molecular weight excluding hydrogens is 341 g/mol. The third-order valence-electron chi connectivity index (χ3n) is 5.20. The summed E-state index contributed by atoms with van der Waals surface area (Å²) in [5.41, 5.74) is 4.21. The minimum atomic E-state index is -0.243. The van der Waals surface area contributed by atoms with E-state index in [2.05, 4.69) is 12.0 Å². The molecule has 4 nitrogen and oxygen atoms in total. The number of benzene rings is 2. The first-order chi connectivity index (χ1) is 13.2. The molecule has 1 aliphatic heterocycles. The second-order valence-corrected chi connectivity index (χ2v) is 6.97. The number of hydrogen-bond acceptors (Lipinski definition) is 2. The van der Waals surface area contributed by atoms with Crippen LogP contribution in [-0.2, 0) is 24.4 Å². The van der Waals surface area contributed by atoms with Crippen molar-refractivity contribution >= 4 is 5.91 Å². The van der Waals surface area contributed by atoms with Crippen LogP contribution in [0.3, 0.4) is 0 Å². The number of aromatic nitrogens is 2. The van der Waals surface area contributed by atoms with Gasteiger partial charge in [-0.05, 0) is 29.7 Å². The zero-order chi connectivity index (χ0) is 18.8. The molecule has 0 N–H and O–H groups in total. The van der Waals surface area contributed by atoms with Crippen LogP contribution in [0.1, 0.15) is 41.6 Å². The normalized spacial score (nSPS) is 14.2. The number of nitrogens with zero attached hydrogens (tertiary/aromatic N) is 3. The molecule has 27 heavy (non-hydrogen) atoms. The van der Waals surface area contributed by atoms with E-state index >= 15 is 0 Å². The van der Waals surface area contributed by atoms with E-state index in [1.165, 1.54) is 12.1 Å². The highest BCUT2D eigenvalue weighted by molar-refractivity contribution is 5.84. The molecule has 3 aromatic rings. The fraction of sp³-hybridized carbons (Fsp3) is 0.273. The molecule has 0 fully saturated rings. The number of carbonyl (C=O) groups is 1. The van der Waals surface area contributed by atoms with Gasteiger partial charge in [0.25, 0.3) is 0 Å². The summed E-state index contributed by atoms with van der Waals surface area (Å²) in [7, 11) is 0. The first-order valence-corrected chi connectivity index (χ1v) is 9.27. The van der Waals surface area contributed by atoms with Crippen molar-refractivity contribution in [3.63, 3.8) is 0 Å². The molecule has 1 atom stereocenters. The van der Waals surface area contributed by atoms with Gasteiger partial charge in [0.15, 0.2) is 0 Å². The Morgan fingerprint density at radius 3 is 2.56 bits per heavy atom.